The Bertz CT molecular complexity index is 945. The molecule has 0 unspecified atom stereocenters. The molecule has 0 radical (unpaired) electrons. The summed E-state index contributed by atoms with van der Waals surface area (Å²) in [7, 11) is 3.77. The fraction of sp³-hybridized carbons (Fsp3) is 0.333. The molecule has 3 rings (SSSR count). The summed E-state index contributed by atoms with van der Waals surface area (Å²) in [5.41, 5.74) is 6.75. The molecule has 2 N–H and O–H groups in total. The van der Waals surface area contributed by atoms with Crippen LogP contribution in [0, 0.1) is 11.6 Å². The lowest BCUT2D eigenvalue weighted by Crippen LogP contribution is -2.33. The Kier molecular flexibility index (Phi) is 5.76. The standard InChI is InChI=1S/C18H21ClF2N6/c1-25(7-9-26(2)15-4-3-12(20)11-14(15)21)8-10-27-6-5-13-16(19)23-18(22)24-17(13)27/h3-6,11H,7-10H2,1-2H3,(H2,22,23,24). The number of aromatic nitrogens is 3. The van der Waals surface area contributed by atoms with E-state index < -0.39 is 11.6 Å². The van der Waals surface area contributed by atoms with E-state index in [9.17, 15) is 8.78 Å². The van der Waals surface area contributed by atoms with E-state index in [1.54, 1.807) is 11.9 Å². The maximum absolute atomic E-state index is 13.8. The van der Waals surface area contributed by atoms with Crippen LogP contribution in [-0.4, -0.2) is 53.2 Å². The molecule has 144 valence electrons. The molecule has 27 heavy (non-hydrogen) atoms. The minimum atomic E-state index is -0.578. The third-order valence-electron chi connectivity index (χ3n) is 4.45. The SMILES string of the molecule is CN(CCN(C)c1ccc(F)cc1F)CCn1ccc2c(Cl)nc(N)nc21. The second kappa shape index (κ2) is 8.06. The number of benzene rings is 1. The van der Waals surface area contributed by atoms with E-state index in [1.165, 1.54) is 12.1 Å². The van der Waals surface area contributed by atoms with Crippen LogP contribution >= 0.6 is 11.6 Å². The van der Waals surface area contributed by atoms with Crippen molar-refractivity contribution in [1.82, 2.24) is 19.4 Å². The predicted molar refractivity (Wildman–Crippen MR) is 104 cm³/mol. The molecule has 2 aromatic heterocycles. The molecule has 0 saturated heterocycles. The second-order valence-electron chi connectivity index (χ2n) is 6.44. The summed E-state index contributed by atoms with van der Waals surface area (Å²) in [6, 6.07) is 5.46. The quantitative estimate of drug-likeness (QED) is 0.624. The number of hydrogen-bond donors (Lipinski definition) is 1. The summed E-state index contributed by atoms with van der Waals surface area (Å²) in [5, 5.41) is 1.10. The van der Waals surface area contributed by atoms with E-state index in [0.29, 0.717) is 36.1 Å². The average molecular weight is 395 g/mol. The number of hydrogen-bond acceptors (Lipinski definition) is 5. The molecule has 9 heteroatoms. The van der Waals surface area contributed by atoms with Crippen molar-refractivity contribution in [3.63, 3.8) is 0 Å². The monoisotopic (exact) mass is 394 g/mol. The summed E-state index contributed by atoms with van der Waals surface area (Å²) in [4.78, 5) is 12.1. The molecule has 6 nitrogen and oxygen atoms in total. The highest BCUT2D eigenvalue weighted by atomic mass is 35.5. The van der Waals surface area contributed by atoms with Crippen LogP contribution in [0.2, 0.25) is 5.15 Å². The molecule has 2 heterocycles. The van der Waals surface area contributed by atoms with Gasteiger partial charge < -0.3 is 20.1 Å². The number of rotatable bonds is 7. The highest BCUT2D eigenvalue weighted by Gasteiger charge is 2.11. The zero-order valence-electron chi connectivity index (χ0n) is 15.2. The van der Waals surface area contributed by atoms with E-state index in [2.05, 4.69) is 14.9 Å². The number of fused-ring (bicyclic) bond motifs is 1. The molecule has 1 aromatic carbocycles. The van der Waals surface area contributed by atoms with Gasteiger partial charge in [-0.1, -0.05) is 11.6 Å². The zero-order valence-corrected chi connectivity index (χ0v) is 15.9. The van der Waals surface area contributed by atoms with Gasteiger partial charge >= 0.3 is 0 Å². The topological polar surface area (TPSA) is 63.2 Å². The molecule has 3 aromatic rings. The first kappa shape index (κ1) is 19.3. The van der Waals surface area contributed by atoms with Crippen molar-refractivity contribution in [2.24, 2.45) is 0 Å². The van der Waals surface area contributed by atoms with Crippen LogP contribution in [0.15, 0.2) is 30.5 Å². The normalized spacial score (nSPS) is 11.5. The van der Waals surface area contributed by atoms with Gasteiger partial charge in [-0.25, -0.2) is 13.8 Å². The molecule has 0 aliphatic heterocycles. The summed E-state index contributed by atoms with van der Waals surface area (Å²) < 4.78 is 28.8. The van der Waals surface area contributed by atoms with Gasteiger partial charge in [-0.3, -0.25) is 0 Å². The third-order valence-corrected chi connectivity index (χ3v) is 4.74. The van der Waals surface area contributed by atoms with Crippen LogP contribution in [-0.2, 0) is 6.54 Å². The van der Waals surface area contributed by atoms with E-state index >= 15 is 0 Å². The van der Waals surface area contributed by atoms with Gasteiger partial charge in [0.2, 0.25) is 5.95 Å². The molecule has 0 saturated carbocycles. The average Bonchev–Trinajstić information content (AvgIpc) is 3.01. The van der Waals surface area contributed by atoms with Crippen LogP contribution in [0.3, 0.4) is 0 Å². The van der Waals surface area contributed by atoms with Gasteiger partial charge in [-0.15, -0.1) is 0 Å². The van der Waals surface area contributed by atoms with Crippen LogP contribution in [0.25, 0.3) is 11.0 Å². The molecule has 0 aliphatic rings. The second-order valence-corrected chi connectivity index (χ2v) is 6.80. The Morgan fingerprint density at radius 3 is 2.63 bits per heavy atom. The van der Waals surface area contributed by atoms with Crippen molar-refractivity contribution < 1.29 is 8.78 Å². The lowest BCUT2D eigenvalue weighted by atomic mass is 10.2. The summed E-state index contributed by atoms with van der Waals surface area (Å²) in [6.45, 7) is 2.77. The summed E-state index contributed by atoms with van der Waals surface area (Å²) >= 11 is 6.09. The van der Waals surface area contributed by atoms with E-state index in [1.807, 2.05) is 23.9 Å². The Labute approximate surface area is 161 Å². The number of nitrogens with two attached hydrogens (primary N) is 1. The molecule has 0 aliphatic carbocycles. The number of nitrogens with zero attached hydrogens (tertiary/aromatic N) is 5. The fourth-order valence-corrected chi connectivity index (χ4v) is 3.08. The molecule has 0 bridgehead atoms. The van der Waals surface area contributed by atoms with Crippen molar-refractivity contribution in [1.29, 1.82) is 0 Å². The molecule has 0 atom stereocenters. The Balaban J connectivity index is 1.56. The first-order valence-corrected chi connectivity index (χ1v) is 8.85. The lowest BCUT2D eigenvalue weighted by molar-refractivity contribution is 0.327. The Morgan fingerprint density at radius 2 is 1.89 bits per heavy atom. The smallest absolute Gasteiger partial charge is 0.223 e. The Hall–Kier alpha value is -2.45. The first-order chi connectivity index (χ1) is 12.8. The van der Waals surface area contributed by atoms with Gasteiger partial charge in [-0.2, -0.15) is 4.98 Å². The van der Waals surface area contributed by atoms with Crippen molar-refractivity contribution >= 4 is 34.3 Å². The minimum Gasteiger partial charge on any atom is -0.371 e. The van der Waals surface area contributed by atoms with E-state index in [4.69, 9.17) is 17.3 Å². The third kappa shape index (κ3) is 4.45. The van der Waals surface area contributed by atoms with Gasteiger partial charge in [-0.05, 0) is 25.2 Å². The first-order valence-electron chi connectivity index (χ1n) is 8.47. The predicted octanol–water partition coefficient (Wildman–Crippen LogP) is 3.01. The van der Waals surface area contributed by atoms with Crippen molar-refractivity contribution in [2.45, 2.75) is 6.54 Å². The minimum absolute atomic E-state index is 0.142. The maximum Gasteiger partial charge on any atom is 0.223 e. The van der Waals surface area contributed by atoms with Crippen LogP contribution in [0.1, 0.15) is 0 Å². The van der Waals surface area contributed by atoms with Gasteiger partial charge in [0.05, 0.1) is 11.1 Å². The van der Waals surface area contributed by atoms with E-state index in [-0.39, 0.29) is 5.95 Å². The van der Waals surface area contributed by atoms with Crippen LogP contribution in [0.4, 0.5) is 20.4 Å². The number of halogens is 3. The van der Waals surface area contributed by atoms with Gasteiger partial charge in [0, 0.05) is 45.5 Å². The fourth-order valence-electron chi connectivity index (χ4n) is 2.85. The van der Waals surface area contributed by atoms with Crippen LogP contribution < -0.4 is 10.6 Å². The highest BCUT2D eigenvalue weighted by molar-refractivity contribution is 6.34. The zero-order chi connectivity index (χ0) is 19.6. The van der Waals surface area contributed by atoms with Crippen molar-refractivity contribution in [2.75, 3.05) is 44.4 Å². The number of anilines is 2. The maximum atomic E-state index is 13.8. The molecule has 0 spiro atoms. The molecule has 0 amide bonds. The summed E-state index contributed by atoms with van der Waals surface area (Å²) in [6.07, 6.45) is 1.90. The van der Waals surface area contributed by atoms with Gasteiger partial charge in [0.1, 0.15) is 22.4 Å². The molecular weight excluding hydrogens is 374 g/mol. The van der Waals surface area contributed by atoms with Crippen molar-refractivity contribution in [3.8, 4) is 0 Å². The highest BCUT2D eigenvalue weighted by Crippen LogP contribution is 2.22. The largest absolute Gasteiger partial charge is 0.371 e. The van der Waals surface area contributed by atoms with Gasteiger partial charge in [0.15, 0.2) is 0 Å². The summed E-state index contributed by atoms with van der Waals surface area (Å²) in [5.74, 6) is -0.998. The molecular formula is C18H21ClF2N6. The van der Waals surface area contributed by atoms with E-state index in [0.717, 1.165) is 18.0 Å². The number of likely N-dealkylation sites (N-methyl/N-ethyl adjacent to an activating group) is 2. The number of nitrogen functional groups attached to an aromatic ring is 1. The lowest BCUT2D eigenvalue weighted by Gasteiger charge is -2.24. The molecule has 0 fully saturated rings. The Morgan fingerprint density at radius 1 is 1.11 bits per heavy atom. The van der Waals surface area contributed by atoms with Crippen molar-refractivity contribution in [3.05, 3.63) is 47.2 Å². The van der Waals surface area contributed by atoms with Crippen LogP contribution in [0.5, 0.6) is 0 Å². The van der Waals surface area contributed by atoms with Gasteiger partial charge in [0.25, 0.3) is 0 Å².